The molecule has 1 atom stereocenters. The maximum atomic E-state index is 12.9. The van der Waals surface area contributed by atoms with Crippen LogP contribution < -0.4 is 0 Å². The molecule has 26 heavy (non-hydrogen) atoms. The molecule has 0 N–H and O–H groups in total. The molecular formula is C18H17N5O3. The normalized spacial score (nSPS) is 16.9. The second-order valence-electron chi connectivity index (χ2n) is 6.29. The number of para-hydroxylation sites is 1. The summed E-state index contributed by atoms with van der Waals surface area (Å²) in [5, 5.41) is 19.6. The van der Waals surface area contributed by atoms with Crippen molar-refractivity contribution in [1.29, 1.82) is 0 Å². The summed E-state index contributed by atoms with van der Waals surface area (Å²) in [6.07, 6.45) is 3.56. The Kier molecular flexibility index (Phi) is 4.08. The van der Waals surface area contributed by atoms with Crippen molar-refractivity contribution in [2.45, 2.75) is 25.3 Å². The maximum Gasteiger partial charge on any atom is 0.273 e. The average Bonchev–Trinajstić information content (AvgIpc) is 3.28. The number of fused-ring (bicyclic) bond motifs is 1. The van der Waals surface area contributed by atoms with Crippen molar-refractivity contribution in [3.05, 3.63) is 70.2 Å². The molecule has 132 valence electrons. The van der Waals surface area contributed by atoms with Crippen molar-refractivity contribution in [2.24, 2.45) is 0 Å². The Bertz CT molecular complexity index is 984. The molecule has 0 aliphatic carbocycles. The van der Waals surface area contributed by atoms with E-state index in [1.165, 1.54) is 6.07 Å². The number of likely N-dealkylation sites (tertiary alicyclic amines) is 1. The third kappa shape index (κ3) is 2.79. The summed E-state index contributed by atoms with van der Waals surface area (Å²) in [7, 11) is 0. The van der Waals surface area contributed by atoms with Gasteiger partial charge in [0, 0.05) is 24.4 Å². The maximum absolute atomic E-state index is 12.9. The molecule has 1 aliphatic heterocycles. The number of aromatic nitrogens is 3. The molecule has 1 fully saturated rings. The molecule has 0 bridgehead atoms. The number of benzene rings is 1. The average molecular weight is 351 g/mol. The minimum absolute atomic E-state index is 0.00435. The summed E-state index contributed by atoms with van der Waals surface area (Å²) in [5.41, 5.74) is 1.14. The number of nitro benzene ring substituents is 1. The number of pyridine rings is 1. The summed E-state index contributed by atoms with van der Waals surface area (Å²) in [6.45, 7) is 0.617. The van der Waals surface area contributed by atoms with Gasteiger partial charge < -0.3 is 4.90 Å². The second kappa shape index (κ2) is 6.55. The lowest BCUT2D eigenvalue weighted by Crippen LogP contribution is -2.32. The molecular weight excluding hydrogens is 334 g/mol. The Morgan fingerprint density at radius 2 is 2.00 bits per heavy atom. The van der Waals surface area contributed by atoms with Crippen molar-refractivity contribution < 1.29 is 9.72 Å². The molecule has 4 rings (SSSR count). The first-order valence-corrected chi connectivity index (χ1v) is 8.46. The van der Waals surface area contributed by atoms with Gasteiger partial charge in [-0.15, -0.1) is 10.2 Å². The van der Waals surface area contributed by atoms with Crippen molar-refractivity contribution in [1.82, 2.24) is 19.5 Å². The molecule has 2 aromatic heterocycles. The van der Waals surface area contributed by atoms with Crippen LogP contribution in [-0.2, 0) is 11.2 Å². The van der Waals surface area contributed by atoms with Gasteiger partial charge in [0.15, 0.2) is 11.5 Å². The number of carbonyl (C=O) groups is 1. The Morgan fingerprint density at radius 1 is 1.19 bits per heavy atom. The summed E-state index contributed by atoms with van der Waals surface area (Å²) in [4.78, 5) is 25.4. The fourth-order valence-electron chi connectivity index (χ4n) is 3.52. The van der Waals surface area contributed by atoms with Crippen molar-refractivity contribution in [3.63, 3.8) is 0 Å². The van der Waals surface area contributed by atoms with E-state index in [-0.39, 0.29) is 24.1 Å². The van der Waals surface area contributed by atoms with Crippen LogP contribution in [0.4, 0.5) is 5.69 Å². The quantitative estimate of drug-likeness (QED) is 0.532. The standard InChI is InChI=1S/C18H17N5O3/c24-17(12-13-6-1-2-7-14(13)23(25)26)21-11-5-8-15(21)18-20-19-16-9-3-4-10-22(16)18/h1-4,6-7,9-10,15H,5,8,11-12H2/t15-/m1/s1. The number of nitro groups is 1. The van der Waals surface area contributed by atoms with Crippen LogP contribution in [0.1, 0.15) is 30.3 Å². The van der Waals surface area contributed by atoms with Crippen molar-refractivity contribution in [3.8, 4) is 0 Å². The zero-order valence-corrected chi connectivity index (χ0v) is 14.0. The van der Waals surface area contributed by atoms with E-state index in [9.17, 15) is 14.9 Å². The minimum Gasteiger partial charge on any atom is -0.332 e. The van der Waals surface area contributed by atoms with E-state index in [0.717, 1.165) is 24.3 Å². The highest BCUT2D eigenvalue weighted by molar-refractivity contribution is 5.80. The Balaban J connectivity index is 1.61. The van der Waals surface area contributed by atoms with Gasteiger partial charge in [0.25, 0.3) is 5.69 Å². The van der Waals surface area contributed by atoms with Crippen LogP contribution in [0.25, 0.3) is 5.65 Å². The highest BCUT2D eigenvalue weighted by Crippen LogP contribution is 2.32. The zero-order valence-electron chi connectivity index (χ0n) is 14.0. The van der Waals surface area contributed by atoms with Crippen LogP contribution in [0.15, 0.2) is 48.7 Å². The van der Waals surface area contributed by atoms with Crippen LogP contribution in [0, 0.1) is 10.1 Å². The molecule has 0 radical (unpaired) electrons. The molecule has 8 heteroatoms. The van der Waals surface area contributed by atoms with Gasteiger partial charge in [0.2, 0.25) is 5.91 Å². The first-order valence-electron chi connectivity index (χ1n) is 8.46. The molecule has 8 nitrogen and oxygen atoms in total. The Morgan fingerprint density at radius 3 is 2.85 bits per heavy atom. The van der Waals surface area contributed by atoms with Gasteiger partial charge >= 0.3 is 0 Å². The van der Waals surface area contributed by atoms with E-state index in [4.69, 9.17) is 0 Å². The van der Waals surface area contributed by atoms with E-state index in [1.807, 2.05) is 28.8 Å². The van der Waals surface area contributed by atoms with Crippen LogP contribution in [0.2, 0.25) is 0 Å². The number of amides is 1. The lowest BCUT2D eigenvalue weighted by atomic mass is 10.1. The number of rotatable bonds is 4. The van der Waals surface area contributed by atoms with Gasteiger partial charge in [0.1, 0.15) is 0 Å². The number of nitrogens with zero attached hydrogens (tertiary/aromatic N) is 5. The van der Waals surface area contributed by atoms with Crippen molar-refractivity contribution >= 4 is 17.2 Å². The van der Waals surface area contributed by atoms with E-state index in [1.54, 1.807) is 23.1 Å². The summed E-state index contributed by atoms with van der Waals surface area (Å²) < 4.78 is 1.89. The molecule has 1 saturated heterocycles. The lowest BCUT2D eigenvalue weighted by molar-refractivity contribution is -0.385. The number of carbonyl (C=O) groups excluding carboxylic acids is 1. The Labute approximate surface area is 149 Å². The smallest absolute Gasteiger partial charge is 0.273 e. The lowest BCUT2D eigenvalue weighted by Gasteiger charge is -2.23. The fraction of sp³-hybridized carbons (Fsp3) is 0.278. The molecule has 0 spiro atoms. The van der Waals surface area contributed by atoms with Crippen LogP contribution in [0.5, 0.6) is 0 Å². The van der Waals surface area contributed by atoms with E-state index in [0.29, 0.717) is 12.1 Å². The molecule has 3 aromatic rings. The molecule has 1 amide bonds. The van der Waals surface area contributed by atoms with Crippen LogP contribution >= 0.6 is 0 Å². The fourth-order valence-corrected chi connectivity index (χ4v) is 3.52. The highest BCUT2D eigenvalue weighted by atomic mass is 16.6. The first kappa shape index (κ1) is 16.2. The summed E-state index contributed by atoms with van der Waals surface area (Å²) in [5.74, 6) is 0.600. The third-order valence-corrected chi connectivity index (χ3v) is 4.74. The van der Waals surface area contributed by atoms with Crippen LogP contribution in [-0.4, -0.2) is 36.9 Å². The van der Waals surface area contributed by atoms with E-state index < -0.39 is 4.92 Å². The van der Waals surface area contributed by atoms with Crippen molar-refractivity contribution in [2.75, 3.05) is 6.54 Å². The summed E-state index contributed by atoms with van der Waals surface area (Å²) in [6, 6.07) is 11.9. The molecule has 1 aromatic carbocycles. The number of hydrogen-bond acceptors (Lipinski definition) is 5. The monoisotopic (exact) mass is 351 g/mol. The van der Waals surface area contributed by atoms with Gasteiger partial charge in [-0.1, -0.05) is 24.3 Å². The largest absolute Gasteiger partial charge is 0.332 e. The minimum atomic E-state index is -0.448. The zero-order chi connectivity index (χ0) is 18.1. The third-order valence-electron chi connectivity index (χ3n) is 4.74. The predicted octanol–water partition coefficient (Wildman–Crippen LogP) is 2.54. The number of hydrogen-bond donors (Lipinski definition) is 0. The molecule has 1 aliphatic rings. The van der Waals surface area contributed by atoms with E-state index in [2.05, 4.69) is 10.2 Å². The summed E-state index contributed by atoms with van der Waals surface area (Å²) >= 11 is 0. The SMILES string of the molecule is O=C(Cc1ccccc1[N+](=O)[O-])N1CCC[C@@H]1c1nnc2ccccn12. The molecule has 3 heterocycles. The Hall–Kier alpha value is -3.29. The highest BCUT2D eigenvalue weighted by Gasteiger charge is 2.33. The molecule has 0 saturated carbocycles. The topological polar surface area (TPSA) is 93.6 Å². The molecule has 0 unspecified atom stereocenters. The van der Waals surface area contributed by atoms with Crippen LogP contribution in [0.3, 0.4) is 0 Å². The van der Waals surface area contributed by atoms with Gasteiger partial charge in [0.05, 0.1) is 17.4 Å². The second-order valence-corrected chi connectivity index (χ2v) is 6.29. The van der Waals surface area contributed by atoms with Gasteiger partial charge in [-0.05, 0) is 25.0 Å². The van der Waals surface area contributed by atoms with Gasteiger partial charge in [-0.25, -0.2) is 0 Å². The van der Waals surface area contributed by atoms with E-state index >= 15 is 0 Å². The predicted molar refractivity (Wildman–Crippen MR) is 93.5 cm³/mol. The first-order chi connectivity index (χ1) is 12.6. The van der Waals surface area contributed by atoms with Gasteiger partial charge in [-0.2, -0.15) is 0 Å². The van der Waals surface area contributed by atoms with Gasteiger partial charge in [-0.3, -0.25) is 19.3 Å².